The van der Waals surface area contributed by atoms with Crippen molar-refractivity contribution < 1.29 is 18.3 Å². The van der Waals surface area contributed by atoms with E-state index in [0.717, 1.165) is 5.56 Å². The standard InChI is InChI=1S/C14H16F2N2O2/c15-13(16)9-18(6-7-19)8-12-10-20-14(17-12)11-4-2-1-3-5-11/h1-5,10,13,19H,6-9H2. The first-order chi connectivity index (χ1) is 9.69. The Morgan fingerprint density at radius 2 is 2.00 bits per heavy atom. The van der Waals surface area contributed by atoms with E-state index in [1.807, 2.05) is 30.3 Å². The number of aliphatic hydroxyl groups is 1. The quantitative estimate of drug-likeness (QED) is 0.847. The second kappa shape index (κ2) is 7.12. The number of benzene rings is 1. The van der Waals surface area contributed by atoms with Crippen LogP contribution in [0.15, 0.2) is 41.0 Å². The molecule has 0 aliphatic carbocycles. The van der Waals surface area contributed by atoms with Crippen LogP contribution in [0.3, 0.4) is 0 Å². The van der Waals surface area contributed by atoms with Crippen molar-refractivity contribution in [1.29, 1.82) is 0 Å². The zero-order valence-corrected chi connectivity index (χ0v) is 10.9. The van der Waals surface area contributed by atoms with Crippen LogP contribution in [0.2, 0.25) is 0 Å². The minimum absolute atomic E-state index is 0.171. The molecule has 0 spiro atoms. The van der Waals surface area contributed by atoms with E-state index in [2.05, 4.69) is 4.98 Å². The smallest absolute Gasteiger partial charge is 0.251 e. The Hall–Kier alpha value is -1.79. The first-order valence-corrected chi connectivity index (χ1v) is 6.30. The number of hydrogen-bond acceptors (Lipinski definition) is 4. The largest absolute Gasteiger partial charge is 0.444 e. The molecule has 0 fully saturated rings. The predicted molar refractivity (Wildman–Crippen MR) is 70.3 cm³/mol. The van der Waals surface area contributed by atoms with Gasteiger partial charge in [0.15, 0.2) is 0 Å². The van der Waals surface area contributed by atoms with Gasteiger partial charge < -0.3 is 9.52 Å². The summed E-state index contributed by atoms with van der Waals surface area (Å²) >= 11 is 0. The number of aliphatic hydroxyl groups excluding tert-OH is 1. The minimum atomic E-state index is -2.44. The molecule has 1 heterocycles. The summed E-state index contributed by atoms with van der Waals surface area (Å²) in [7, 11) is 0. The second-order valence-electron chi connectivity index (χ2n) is 4.36. The number of hydrogen-bond donors (Lipinski definition) is 1. The maximum absolute atomic E-state index is 12.4. The monoisotopic (exact) mass is 282 g/mol. The Morgan fingerprint density at radius 1 is 1.25 bits per heavy atom. The Balaban J connectivity index is 2.04. The molecule has 0 bridgehead atoms. The third-order valence-electron chi connectivity index (χ3n) is 2.77. The Bertz CT molecular complexity index is 517. The SMILES string of the molecule is OCCN(Cc1coc(-c2ccccc2)n1)CC(F)F. The molecule has 0 aliphatic heterocycles. The number of aromatic nitrogens is 1. The Labute approximate surface area is 115 Å². The summed E-state index contributed by atoms with van der Waals surface area (Å²) in [5.74, 6) is 0.460. The summed E-state index contributed by atoms with van der Waals surface area (Å²) in [4.78, 5) is 5.72. The highest BCUT2D eigenvalue weighted by Crippen LogP contribution is 2.18. The number of halogens is 2. The minimum Gasteiger partial charge on any atom is -0.444 e. The molecule has 2 aromatic rings. The molecule has 6 heteroatoms. The van der Waals surface area contributed by atoms with Crippen LogP contribution in [-0.4, -0.2) is 41.1 Å². The van der Waals surface area contributed by atoms with Gasteiger partial charge in [-0.25, -0.2) is 13.8 Å². The van der Waals surface area contributed by atoms with E-state index in [-0.39, 0.29) is 19.7 Å². The molecule has 1 aromatic carbocycles. The maximum Gasteiger partial charge on any atom is 0.251 e. The zero-order valence-electron chi connectivity index (χ0n) is 10.9. The van der Waals surface area contributed by atoms with Crippen molar-refractivity contribution in [3.05, 3.63) is 42.3 Å². The lowest BCUT2D eigenvalue weighted by molar-refractivity contribution is 0.0740. The van der Waals surface area contributed by atoms with Crippen LogP contribution in [0.1, 0.15) is 5.69 Å². The van der Waals surface area contributed by atoms with Crippen molar-refractivity contribution in [1.82, 2.24) is 9.88 Å². The lowest BCUT2D eigenvalue weighted by atomic mass is 10.2. The van der Waals surface area contributed by atoms with Crippen LogP contribution in [0.5, 0.6) is 0 Å². The summed E-state index contributed by atoms with van der Waals surface area (Å²) < 4.78 is 30.2. The topological polar surface area (TPSA) is 49.5 Å². The van der Waals surface area contributed by atoms with Crippen molar-refractivity contribution in [3.63, 3.8) is 0 Å². The number of rotatable bonds is 7. The van der Waals surface area contributed by atoms with Crippen molar-refractivity contribution in [2.24, 2.45) is 0 Å². The van der Waals surface area contributed by atoms with Gasteiger partial charge in [-0.2, -0.15) is 0 Å². The average Bonchev–Trinajstić information content (AvgIpc) is 2.88. The van der Waals surface area contributed by atoms with Crippen molar-refractivity contribution in [3.8, 4) is 11.5 Å². The van der Waals surface area contributed by atoms with Gasteiger partial charge in [-0.15, -0.1) is 0 Å². The number of oxazole rings is 1. The second-order valence-corrected chi connectivity index (χ2v) is 4.36. The van der Waals surface area contributed by atoms with Crippen molar-refractivity contribution in [2.75, 3.05) is 19.7 Å². The van der Waals surface area contributed by atoms with E-state index in [1.165, 1.54) is 11.2 Å². The third-order valence-corrected chi connectivity index (χ3v) is 2.77. The lowest BCUT2D eigenvalue weighted by Gasteiger charge is -2.18. The molecular formula is C14H16F2N2O2. The molecule has 0 atom stereocenters. The van der Waals surface area contributed by atoms with Gasteiger partial charge in [0.05, 0.1) is 18.8 Å². The van der Waals surface area contributed by atoms with Gasteiger partial charge in [0.25, 0.3) is 6.43 Å². The van der Waals surface area contributed by atoms with Gasteiger partial charge in [0, 0.05) is 18.7 Å². The first-order valence-electron chi connectivity index (χ1n) is 6.30. The van der Waals surface area contributed by atoms with Gasteiger partial charge in [0.1, 0.15) is 6.26 Å². The zero-order chi connectivity index (χ0) is 14.4. The van der Waals surface area contributed by atoms with Crippen LogP contribution in [0, 0.1) is 0 Å². The lowest BCUT2D eigenvalue weighted by Crippen LogP contribution is -2.31. The molecule has 4 nitrogen and oxygen atoms in total. The van der Waals surface area contributed by atoms with E-state index in [4.69, 9.17) is 9.52 Å². The molecule has 0 aliphatic rings. The fourth-order valence-corrected chi connectivity index (χ4v) is 1.89. The maximum atomic E-state index is 12.4. The molecule has 0 saturated carbocycles. The highest BCUT2D eigenvalue weighted by Gasteiger charge is 2.14. The molecule has 108 valence electrons. The third kappa shape index (κ3) is 4.11. The Morgan fingerprint density at radius 3 is 2.65 bits per heavy atom. The molecule has 2 rings (SSSR count). The Kier molecular flexibility index (Phi) is 5.20. The van der Waals surface area contributed by atoms with E-state index < -0.39 is 13.0 Å². The fraction of sp³-hybridized carbons (Fsp3) is 0.357. The molecular weight excluding hydrogens is 266 g/mol. The molecule has 0 amide bonds. The van der Waals surface area contributed by atoms with Gasteiger partial charge >= 0.3 is 0 Å². The van der Waals surface area contributed by atoms with Crippen LogP contribution in [0.25, 0.3) is 11.5 Å². The van der Waals surface area contributed by atoms with Crippen LogP contribution in [-0.2, 0) is 6.54 Å². The summed E-state index contributed by atoms with van der Waals surface area (Å²) in [5.41, 5.74) is 1.40. The fourth-order valence-electron chi connectivity index (χ4n) is 1.89. The van der Waals surface area contributed by atoms with Crippen LogP contribution < -0.4 is 0 Å². The predicted octanol–water partition coefficient (Wildman–Crippen LogP) is 2.40. The van der Waals surface area contributed by atoms with E-state index in [1.54, 1.807) is 0 Å². The van der Waals surface area contributed by atoms with E-state index >= 15 is 0 Å². The number of alkyl halides is 2. The van der Waals surface area contributed by atoms with Crippen LogP contribution >= 0.6 is 0 Å². The highest BCUT2D eigenvalue weighted by atomic mass is 19.3. The highest BCUT2D eigenvalue weighted by molar-refractivity contribution is 5.52. The summed E-state index contributed by atoms with van der Waals surface area (Å²) in [6.07, 6.45) is -0.986. The van der Waals surface area contributed by atoms with Gasteiger partial charge in [-0.1, -0.05) is 18.2 Å². The van der Waals surface area contributed by atoms with E-state index in [9.17, 15) is 8.78 Å². The van der Waals surface area contributed by atoms with E-state index in [0.29, 0.717) is 11.6 Å². The molecule has 0 radical (unpaired) electrons. The van der Waals surface area contributed by atoms with Gasteiger partial charge in [-0.05, 0) is 12.1 Å². The van der Waals surface area contributed by atoms with Crippen molar-refractivity contribution >= 4 is 0 Å². The van der Waals surface area contributed by atoms with Crippen molar-refractivity contribution in [2.45, 2.75) is 13.0 Å². The molecule has 0 unspecified atom stereocenters. The average molecular weight is 282 g/mol. The summed E-state index contributed by atoms with van der Waals surface area (Å²) in [5, 5.41) is 8.88. The number of nitrogens with zero attached hydrogens (tertiary/aromatic N) is 2. The first kappa shape index (κ1) is 14.6. The van der Waals surface area contributed by atoms with Gasteiger partial charge in [0.2, 0.25) is 5.89 Å². The van der Waals surface area contributed by atoms with Gasteiger partial charge in [-0.3, -0.25) is 4.90 Å². The molecule has 1 aromatic heterocycles. The molecule has 1 N–H and O–H groups in total. The van der Waals surface area contributed by atoms with Crippen LogP contribution in [0.4, 0.5) is 8.78 Å². The summed E-state index contributed by atoms with van der Waals surface area (Å²) in [6, 6.07) is 9.35. The molecule has 20 heavy (non-hydrogen) atoms. The summed E-state index contributed by atoms with van der Waals surface area (Å²) in [6.45, 7) is -0.163. The normalized spacial score (nSPS) is 11.4. The molecule has 0 saturated heterocycles.